The molecule has 1 heterocycles. The highest BCUT2D eigenvalue weighted by Crippen LogP contribution is 2.19. The molecule has 0 fully saturated rings. The minimum Gasteiger partial charge on any atom is -0.350 e. The third-order valence-corrected chi connectivity index (χ3v) is 3.26. The summed E-state index contributed by atoms with van der Waals surface area (Å²) in [5, 5.41) is 2.89. The predicted octanol–water partition coefficient (Wildman–Crippen LogP) is 3.16. The van der Waals surface area contributed by atoms with Crippen LogP contribution in [0.25, 0.3) is 16.7 Å². The maximum absolute atomic E-state index is 12.0. The van der Waals surface area contributed by atoms with Crippen LogP contribution in [0.1, 0.15) is 24.2 Å². The summed E-state index contributed by atoms with van der Waals surface area (Å²) in [4.78, 5) is 16.4. The lowest BCUT2D eigenvalue weighted by Gasteiger charge is -2.08. The van der Waals surface area contributed by atoms with Crippen molar-refractivity contribution < 1.29 is 4.79 Å². The highest BCUT2D eigenvalue weighted by atomic mass is 16.1. The molecule has 0 aliphatic carbocycles. The second-order valence-corrected chi connectivity index (χ2v) is 5.28. The predicted molar refractivity (Wildman–Crippen MR) is 83.7 cm³/mol. The fourth-order valence-corrected chi connectivity index (χ4v) is 2.29. The number of nitrogens with zero attached hydrogens (tertiary/aromatic N) is 2. The summed E-state index contributed by atoms with van der Waals surface area (Å²) in [6.07, 6.45) is 1.78. The Morgan fingerprint density at radius 2 is 1.90 bits per heavy atom. The number of benzene rings is 2. The number of hydrogen-bond donors (Lipinski definition) is 1. The summed E-state index contributed by atoms with van der Waals surface area (Å²) >= 11 is 0. The van der Waals surface area contributed by atoms with E-state index >= 15 is 0 Å². The van der Waals surface area contributed by atoms with Crippen LogP contribution >= 0.6 is 0 Å². The monoisotopic (exact) mass is 279 g/mol. The number of carbonyl (C=O) groups excluding carboxylic acids is 1. The first-order valence-electron chi connectivity index (χ1n) is 6.98. The van der Waals surface area contributed by atoms with E-state index in [0.717, 1.165) is 16.7 Å². The van der Waals surface area contributed by atoms with Gasteiger partial charge in [0.2, 0.25) is 0 Å². The summed E-state index contributed by atoms with van der Waals surface area (Å²) in [5.41, 5.74) is 3.49. The first-order chi connectivity index (χ1) is 10.1. The molecule has 0 atom stereocenters. The summed E-state index contributed by atoms with van der Waals surface area (Å²) in [5.74, 6) is -0.0684. The highest BCUT2D eigenvalue weighted by Gasteiger charge is 2.10. The Morgan fingerprint density at radius 3 is 2.62 bits per heavy atom. The van der Waals surface area contributed by atoms with Crippen molar-refractivity contribution >= 4 is 16.9 Å². The van der Waals surface area contributed by atoms with Crippen LogP contribution in [0.2, 0.25) is 0 Å². The Kier molecular flexibility index (Phi) is 3.44. The summed E-state index contributed by atoms with van der Waals surface area (Å²) in [6, 6.07) is 15.7. The van der Waals surface area contributed by atoms with Gasteiger partial charge in [-0.2, -0.15) is 0 Å². The van der Waals surface area contributed by atoms with Gasteiger partial charge in [0, 0.05) is 17.3 Å². The first kappa shape index (κ1) is 13.4. The minimum atomic E-state index is -0.0684. The molecule has 2 aromatic carbocycles. The number of para-hydroxylation sites is 1. The number of carbonyl (C=O) groups is 1. The molecule has 1 amide bonds. The van der Waals surface area contributed by atoms with Crippen LogP contribution in [0.4, 0.5) is 0 Å². The minimum absolute atomic E-state index is 0.0684. The van der Waals surface area contributed by atoms with Crippen molar-refractivity contribution in [3.63, 3.8) is 0 Å². The van der Waals surface area contributed by atoms with E-state index < -0.39 is 0 Å². The average molecular weight is 279 g/mol. The number of hydrogen-bond acceptors (Lipinski definition) is 2. The summed E-state index contributed by atoms with van der Waals surface area (Å²) in [6.45, 7) is 3.89. The molecule has 0 saturated heterocycles. The van der Waals surface area contributed by atoms with Crippen LogP contribution in [0.5, 0.6) is 0 Å². The molecule has 4 nitrogen and oxygen atoms in total. The van der Waals surface area contributed by atoms with E-state index in [1.54, 1.807) is 6.33 Å². The Morgan fingerprint density at radius 1 is 1.14 bits per heavy atom. The van der Waals surface area contributed by atoms with E-state index in [9.17, 15) is 4.79 Å². The van der Waals surface area contributed by atoms with E-state index in [-0.39, 0.29) is 11.9 Å². The summed E-state index contributed by atoms with van der Waals surface area (Å²) < 4.78 is 2.01. The Labute approximate surface area is 123 Å². The molecule has 0 unspecified atom stereocenters. The van der Waals surface area contributed by atoms with Gasteiger partial charge in [-0.05, 0) is 44.2 Å². The second-order valence-electron chi connectivity index (χ2n) is 5.28. The number of aromatic nitrogens is 2. The zero-order valence-electron chi connectivity index (χ0n) is 12.1. The van der Waals surface area contributed by atoms with Gasteiger partial charge in [-0.25, -0.2) is 4.98 Å². The normalized spacial score (nSPS) is 11.0. The molecular weight excluding hydrogens is 262 g/mol. The first-order valence-corrected chi connectivity index (χ1v) is 6.98. The zero-order chi connectivity index (χ0) is 14.8. The van der Waals surface area contributed by atoms with Gasteiger partial charge in [-0.1, -0.05) is 18.2 Å². The van der Waals surface area contributed by atoms with Gasteiger partial charge >= 0.3 is 0 Å². The van der Waals surface area contributed by atoms with Crippen molar-refractivity contribution in [2.24, 2.45) is 0 Å². The lowest BCUT2D eigenvalue weighted by atomic mass is 10.1. The van der Waals surface area contributed by atoms with Crippen molar-refractivity contribution in [3.05, 3.63) is 60.4 Å². The fraction of sp³-hybridized carbons (Fsp3) is 0.176. The number of rotatable bonds is 3. The Bertz CT molecular complexity index is 775. The van der Waals surface area contributed by atoms with Crippen molar-refractivity contribution in [2.45, 2.75) is 19.9 Å². The molecule has 3 rings (SSSR count). The second kappa shape index (κ2) is 5.40. The molecule has 0 spiro atoms. The largest absolute Gasteiger partial charge is 0.350 e. The number of nitrogens with one attached hydrogen (secondary N) is 1. The molecule has 0 aliphatic rings. The smallest absolute Gasteiger partial charge is 0.251 e. The summed E-state index contributed by atoms with van der Waals surface area (Å²) in [7, 11) is 0. The van der Waals surface area contributed by atoms with Gasteiger partial charge < -0.3 is 5.32 Å². The van der Waals surface area contributed by atoms with Crippen LogP contribution in [0.15, 0.2) is 54.9 Å². The van der Waals surface area contributed by atoms with E-state index in [0.29, 0.717) is 5.56 Å². The van der Waals surface area contributed by atoms with Crippen molar-refractivity contribution in [1.29, 1.82) is 0 Å². The molecule has 1 N–H and O–H groups in total. The quantitative estimate of drug-likeness (QED) is 0.800. The molecule has 3 aromatic rings. The van der Waals surface area contributed by atoms with E-state index in [4.69, 9.17) is 0 Å². The van der Waals surface area contributed by atoms with Crippen molar-refractivity contribution in [1.82, 2.24) is 14.9 Å². The van der Waals surface area contributed by atoms with Crippen LogP contribution in [-0.4, -0.2) is 21.5 Å². The maximum Gasteiger partial charge on any atom is 0.251 e. The topological polar surface area (TPSA) is 46.9 Å². The van der Waals surface area contributed by atoms with E-state index in [1.165, 1.54) is 0 Å². The molecule has 0 aliphatic heterocycles. The molecule has 4 heteroatoms. The van der Waals surface area contributed by atoms with Crippen LogP contribution in [0.3, 0.4) is 0 Å². The van der Waals surface area contributed by atoms with Gasteiger partial charge in [0.1, 0.15) is 6.33 Å². The highest BCUT2D eigenvalue weighted by molar-refractivity contribution is 5.97. The molecule has 21 heavy (non-hydrogen) atoms. The SMILES string of the molecule is CC(C)NC(=O)c1ccc2c(c1)ncn2-c1ccccc1. The molecule has 1 aromatic heterocycles. The van der Waals surface area contributed by atoms with Gasteiger partial charge in [0.15, 0.2) is 0 Å². The number of imidazole rings is 1. The van der Waals surface area contributed by atoms with Gasteiger partial charge in [0.05, 0.1) is 11.0 Å². The van der Waals surface area contributed by atoms with Crippen LogP contribution in [0, 0.1) is 0 Å². The Hall–Kier alpha value is -2.62. The number of amides is 1. The fourth-order valence-electron chi connectivity index (χ4n) is 2.29. The molecule has 0 saturated carbocycles. The number of fused-ring (bicyclic) bond motifs is 1. The lowest BCUT2D eigenvalue weighted by molar-refractivity contribution is 0.0943. The van der Waals surface area contributed by atoms with Crippen molar-refractivity contribution in [3.8, 4) is 5.69 Å². The third kappa shape index (κ3) is 2.65. The van der Waals surface area contributed by atoms with Gasteiger partial charge in [0.25, 0.3) is 5.91 Å². The zero-order valence-corrected chi connectivity index (χ0v) is 12.1. The maximum atomic E-state index is 12.0. The van der Waals surface area contributed by atoms with E-state index in [1.807, 2.05) is 66.9 Å². The molecule has 106 valence electrons. The van der Waals surface area contributed by atoms with Gasteiger partial charge in [-0.3, -0.25) is 9.36 Å². The third-order valence-electron chi connectivity index (χ3n) is 3.26. The standard InChI is InChI=1S/C17H17N3O/c1-12(2)19-17(21)13-8-9-16-15(10-13)18-11-20(16)14-6-4-3-5-7-14/h3-12H,1-2H3,(H,19,21). The van der Waals surface area contributed by atoms with Crippen LogP contribution in [-0.2, 0) is 0 Å². The molecule has 0 radical (unpaired) electrons. The average Bonchev–Trinajstić information content (AvgIpc) is 2.90. The lowest BCUT2D eigenvalue weighted by Crippen LogP contribution is -2.29. The van der Waals surface area contributed by atoms with E-state index in [2.05, 4.69) is 10.3 Å². The molecule has 0 bridgehead atoms. The van der Waals surface area contributed by atoms with Gasteiger partial charge in [-0.15, -0.1) is 0 Å². The van der Waals surface area contributed by atoms with Crippen molar-refractivity contribution in [2.75, 3.05) is 0 Å². The van der Waals surface area contributed by atoms with Crippen LogP contribution < -0.4 is 5.32 Å². The molecular formula is C17H17N3O. The Balaban J connectivity index is 2.00.